The summed E-state index contributed by atoms with van der Waals surface area (Å²) in [5, 5.41) is 0. The lowest BCUT2D eigenvalue weighted by Gasteiger charge is -2.35. The van der Waals surface area contributed by atoms with Crippen LogP contribution in [-0.4, -0.2) is 29.0 Å². The van der Waals surface area contributed by atoms with Crippen molar-refractivity contribution in [2.75, 3.05) is 13.1 Å². The van der Waals surface area contributed by atoms with Crippen molar-refractivity contribution < 1.29 is 4.39 Å². The van der Waals surface area contributed by atoms with Gasteiger partial charge in [0.15, 0.2) is 0 Å². The van der Waals surface area contributed by atoms with E-state index in [2.05, 4.69) is 16.8 Å². The van der Waals surface area contributed by atoms with Gasteiger partial charge < -0.3 is 10.6 Å². The van der Waals surface area contributed by atoms with Crippen LogP contribution in [0.4, 0.5) is 4.39 Å². The Morgan fingerprint density at radius 3 is 3.00 bits per heavy atom. The topological polar surface area (TPSA) is 42.1 Å². The van der Waals surface area contributed by atoms with E-state index in [9.17, 15) is 4.39 Å². The molecule has 0 radical (unpaired) electrons. The molecular formula is C15H24FN3. The fraction of sp³-hybridized carbons (Fsp3) is 0.667. The molecule has 0 bridgehead atoms. The Labute approximate surface area is 115 Å². The van der Waals surface area contributed by atoms with Gasteiger partial charge in [-0.25, -0.2) is 4.39 Å². The molecule has 2 rings (SSSR count). The standard InChI is InChI=1S/C15H24FN3/c1-2-13-5-3-4-9-19(13)10-8-14(17)15-7-6-12(16)11-18-15/h6-7,11,13-14H,2-5,8-10,17H2,1H3. The summed E-state index contributed by atoms with van der Waals surface area (Å²) < 4.78 is 12.8. The second-order valence-electron chi connectivity index (χ2n) is 5.39. The molecule has 0 spiro atoms. The number of pyridine rings is 1. The highest BCUT2D eigenvalue weighted by molar-refractivity contribution is 5.09. The molecule has 0 aliphatic carbocycles. The fourth-order valence-electron chi connectivity index (χ4n) is 2.88. The molecule has 19 heavy (non-hydrogen) atoms. The molecule has 106 valence electrons. The van der Waals surface area contributed by atoms with Gasteiger partial charge in [-0.1, -0.05) is 13.3 Å². The summed E-state index contributed by atoms with van der Waals surface area (Å²) in [5.41, 5.74) is 6.92. The van der Waals surface area contributed by atoms with Gasteiger partial charge in [-0.3, -0.25) is 4.98 Å². The van der Waals surface area contributed by atoms with Gasteiger partial charge in [-0.15, -0.1) is 0 Å². The van der Waals surface area contributed by atoms with Crippen LogP contribution in [0.2, 0.25) is 0 Å². The van der Waals surface area contributed by atoms with E-state index in [-0.39, 0.29) is 11.9 Å². The van der Waals surface area contributed by atoms with Crippen molar-refractivity contribution in [2.24, 2.45) is 5.73 Å². The molecule has 4 heteroatoms. The monoisotopic (exact) mass is 265 g/mol. The zero-order valence-corrected chi connectivity index (χ0v) is 11.7. The zero-order chi connectivity index (χ0) is 13.7. The van der Waals surface area contributed by atoms with Gasteiger partial charge in [0, 0.05) is 18.6 Å². The van der Waals surface area contributed by atoms with Crippen LogP contribution < -0.4 is 5.73 Å². The van der Waals surface area contributed by atoms with E-state index in [4.69, 9.17) is 5.73 Å². The highest BCUT2D eigenvalue weighted by Crippen LogP contribution is 2.21. The number of nitrogens with two attached hydrogens (primary N) is 1. The van der Waals surface area contributed by atoms with Gasteiger partial charge in [-0.05, 0) is 44.4 Å². The lowest BCUT2D eigenvalue weighted by atomic mass is 9.99. The normalized spacial score (nSPS) is 22.4. The predicted molar refractivity (Wildman–Crippen MR) is 75.2 cm³/mol. The van der Waals surface area contributed by atoms with E-state index in [1.807, 2.05) is 0 Å². The number of nitrogens with zero attached hydrogens (tertiary/aromatic N) is 2. The van der Waals surface area contributed by atoms with Gasteiger partial charge >= 0.3 is 0 Å². The quantitative estimate of drug-likeness (QED) is 0.890. The van der Waals surface area contributed by atoms with Crippen molar-refractivity contribution >= 4 is 0 Å². The van der Waals surface area contributed by atoms with Crippen molar-refractivity contribution in [3.63, 3.8) is 0 Å². The maximum atomic E-state index is 12.8. The number of rotatable bonds is 5. The molecule has 3 nitrogen and oxygen atoms in total. The Balaban J connectivity index is 1.85. The second kappa shape index (κ2) is 6.96. The average molecular weight is 265 g/mol. The van der Waals surface area contributed by atoms with E-state index in [1.165, 1.54) is 44.5 Å². The van der Waals surface area contributed by atoms with Gasteiger partial charge in [0.05, 0.1) is 11.9 Å². The molecule has 1 aromatic rings. The lowest BCUT2D eigenvalue weighted by Crippen LogP contribution is -2.40. The summed E-state index contributed by atoms with van der Waals surface area (Å²) in [6.07, 6.45) is 7.28. The maximum absolute atomic E-state index is 12.8. The van der Waals surface area contributed by atoms with Crippen LogP contribution in [0.3, 0.4) is 0 Å². The molecule has 2 heterocycles. The molecule has 2 atom stereocenters. The number of aromatic nitrogens is 1. The molecular weight excluding hydrogens is 241 g/mol. The maximum Gasteiger partial charge on any atom is 0.141 e. The van der Waals surface area contributed by atoms with Gasteiger partial charge in [0.1, 0.15) is 5.82 Å². The van der Waals surface area contributed by atoms with Crippen LogP contribution >= 0.6 is 0 Å². The molecule has 1 aromatic heterocycles. The first-order valence-corrected chi connectivity index (χ1v) is 7.31. The molecule has 0 aromatic carbocycles. The lowest BCUT2D eigenvalue weighted by molar-refractivity contribution is 0.139. The summed E-state index contributed by atoms with van der Waals surface area (Å²) in [6.45, 7) is 4.45. The fourth-order valence-corrected chi connectivity index (χ4v) is 2.88. The summed E-state index contributed by atoms with van der Waals surface area (Å²) in [5.74, 6) is -0.307. The Morgan fingerprint density at radius 1 is 1.47 bits per heavy atom. The van der Waals surface area contributed by atoms with Crippen LogP contribution in [0.5, 0.6) is 0 Å². The van der Waals surface area contributed by atoms with Gasteiger partial charge in [-0.2, -0.15) is 0 Å². The molecule has 1 saturated heterocycles. The zero-order valence-electron chi connectivity index (χ0n) is 11.7. The minimum Gasteiger partial charge on any atom is -0.323 e. The second-order valence-corrected chi connectivity index (χ2v) is 5.39. The Hall–Kier alpha value is -1.00. The van der Waals surface area contributed by atoms with Gasteiger partial charge in [0.2, 0.25) is 0 Å². The van der Waals surface area contributed by atoms with E-state index in [0.29, 0.717) is 6.04 Å². The van der Waals surface area contributed by atoms with E-state index in [1.54, 1.807) is 6.07 Å². The van der Waals surface area contributed by atoms with E-state index < -0.39 is 0 Å². The molecule has 2 unspecified atom stereocenters. The molecule has 2 N–H and O–H groups in total. The third-order valence-corrected chi connectivity index (χ3v) is 4.08. The Kier molecular flexibility index (Phi) is 5.28. The summed E-state index contributed by atoms with van der Waals surface area (Å²) in [7, 11) is 0. The van der Waals surface area contributed by atoms with Crippen LogP contribution in [0.1, 0.15) is 50.8 Å². The van der Waals surface area contributed by atoms with E-state index >= 15 is 0 Å². The van der Waals surface area contributed by atoms with Crippen molar-refractivity contribution in [1.82, 2.24) is 9.88 Å². The Morgan fingerprint density at radius 2 is 2.32 bits per heavy atom. The van der Waals surface area contributed by atoms with Crippen LogP contribution in [0, 0.1) is 5.82 Å². The van der Waals surface area contributed by atoms with Crippen molar-refractivity contribution in [3.05, 3.63) is 29.8 Å². The molecule has 0 saturated carbocycles. The highest BCUT2D eigenvalue weighted by atomic mass is 19.1. The number of halogens is 1. The van der Waals surface area contributed by atoms with Crippen LogP contribution in [0.25, 0.3) is 0 Å². The first-order valence-electron chi connectivity index (χ1n) is 7.31. The predicted octanol–water partition coefficient (Wildman–Crippen LogP) is 2.88. The number of piperidine rings is 1. The third kappa shape index (κ3) is 3.98. The molecule has 1 aliphatic rings. The number of hydrogen-bond donors (Lipinski definition) is 1. The first-order chi connectivity index (χ1) is 9.20. The van der Waals surface area contributed by atoms with Crippen LogP contribution in [-0.2, 0) is 0 Å². The average Bonchev–Trinajstić information content (AvgIpc) is 2.45. The van der Waals surface area contributed by atoms with Crippen molar-refractivity contribution in [1.29, 1.82) is 0 Å². The number of likely N-dealkylation sites (tertiary alicyclic amines) is 1. The Bertz CT molecular complexity index is 379. The van der Waals surface area contributed by atoms with Crippen molar-refractivity contribution in [2.45, 2.75) is 51.1 Å². The minimum atomic E-state index is -0.307. The summed E-state index contributed by atoms with van der Waals surface area (Å²) in [6, 6.07) is 3.73. The molecule has 1 fully saturated rings. The number of hydrogen-bond acceptors (Lipinski definition) is 3. The smallest absolute Gasteiger partial charge is 0.141 e. The first kappa shape index (κ1) is 14.4. The molecule has 1 aliphatic heterocycles. The van der Waals surface area contributed by atoms with Crippen molar-refractivity contribution in [3.8, 4) is 0 Å². The van der Waals surface area contributed by atoms with Gasteiger partial charge in [0.25, 0.3) is 0 Å². The van der Waals surface area contributed by atoms with Crippen LogP contribution in [0.15, 0.2) is 18.3 Å². The summed E-state index contributed by atoms with van der Waals surface area (Å²) >= 11 is 0. The third-order valence-electron chi connectivity index (χ3n) is 4.08. The SMILES string of the molecule is CCC1CCCCN1CCC(N)c1ccc(F)cn1. The van der Waals surface area contributed by atoms with E-state index in [0.717, 1.165) is 18.7 Å². The largest absolute Gasteiger partial charge is 0.323 e. The minimum absolute atomic E-state index is 0.0972. The summed E-state index contributed by atoms with van der Waals surface area (Å²) in [4.78, 5) is 6.61. The highest BCUT2D eigenvalue weighted by Gasteiger charge is 2.21. The molecule has 0 amide bonds.